The molecule has 1 aromatic heterocycles. The number of ketones is 1. The SMILES string of the molecule is O=C(C=Cc1cccs1)c1ccc(OC(=O)c2ccccc2Br)cc1. The van der Waals surface area contributed by atoms with E-state index in [0.29, 0.717) is 21.3 Å². The van der Waals surface area contributed by atoms with Gasteiger partial charge in [-0.1, -0.05) is 18.2 Å². The van der Waals surface area contributed by atoms with Crippen molar-refractivity contribution in [2.24, 2.45) is 0 Å². The molecule has 124 valence electrons. The first kappa shape index (κ1) is 17.3. The molecule has 0 saturated carbocycles. The van der Waals surface area contributed by atoms with Crippen molar-refractivity contribution in [1.29, 1.82) is 0 Å². The van der Waals surface area contributed by atoms with Gasteiger partial charge in [0.25, 0.3) is 0 Å². The van der Waals surface area contributed by atoms with Crippen molar-refractivity contribution in [3.63, 3.8) is 0 Å². The number of rotatable bonds is 5. The highest BCUT2D eigenvalue weighted by molar-refractivity contribution is 9.10. The van der Waals surface area contributed by atoms with Crippen LogP contribution in [0.5, 0.6) is 5.75 Å². The molecule has 0 atom stereocenters. The van der Waals surface area contributed by atoms with Crippen molar-refractivity contribution in [3.8, 4) is 5.75 Å². The predicted octanol–water partition coefficient (Wildman–Crippen LogP) is 5.63. The Hall–Kier alpha value is -2.50. The first-order chi connectivity index (χ1) is 12.1. The average Bonchev–Trinajstić information content (AvgIpc) is 3.14. The van der Waals surface area contributed by atoms with Crippen LogP contribution in [-0.2, 0) is 0 Å². The lowest BCUT2D eigenvalue weighted by molar-refractivity contribution is 0.0733. The molecule has 0 bridgehead atoms. The van der Waals surface area contributed by atoms with Gasteiger partial charge < -0.3 is 4.74 Å². The van der Waals surface area contributed by atoms with Gasteiger partial charge in [-0.15, -0.1) is 11.3 Å². The zero-order chi connectivity index (χ0) is 17.6. The van der Waals surface area contributed by atoms with Gasteiger partial charge in [-0.2, -0.15) is 0 Å². The van der Waals surface area contributed by atoms with Crippen LogP contribution in [-0.4, -0.2) is 11.8 Å². The largest absolute Gasteiger partial charge is 0.423 e. The van der Waals surface area contributed by atoms with Crippen molar-refractivity contribution in [1.82, 2.24) is 0 Å². The topological polar surface area (TPSA) is 43.4 Å². The van der Waals surface area contributed by atoms with E-state index in [4.69, 9.17) is 4.74 Å². The quantitative estimate of drug-likeness (QED) is 0.236. The zero-order valence-corrected chi connectivity index (χ0v) is 15.4. The summed E-state index contributed by atoms with van der Waals surface area (Å²) in [5, 5.41) is 1.96. The summed E-state index contributed by atoms with van der Waals surface area (Å²) < 4.78 is 6.01. The molecule has 0 aliphatic carbocycles. The Bertz CT molecular complexity index is 912. The van der Waals surface area contributed by atoms with E-state index in [-0.39, 0.29) is 5.78 Å². The predicted molar refractivity (Wildman–Crippen MR) is 103 cm³/mol. The van der Waals surface area contributed by atoms with Gasteiger partial charge in [0.2, 0.25) is 0 Å². The van der Waals surface area contributed by atoms with Gasteiger partial charge in [0.05, 0.1) is 5.56 Å². The van der Waals surface area contributed by atoms with Crippen molar-refractivity contribution in [3.05, 3.63) is 92.6 Å². The van der Waals surface area contributed by atoms with Crippen molar-refractivity contribution < 1.29 is 14.3 Å². The van der Waals surface area contributed by atoms with Crippen LogP contribution in [0.25, 0.3) is 6.08 Å². The molecule has 0 unspecified atom stereocenters. The number of hydrogen-bond acceptors (Lipinski definition) is 4. The molecule has 3 aromatic rings. The minimum absolute atomic E-state index is 0.0999. The standard InChI is InChI=1S/C20H13BrO3S/c21-18-6-2-1-5-17(18)20(23)24-15-9-7-14(8-10-15)19(22)12-11-16-4-3-13-25-16/h1-13H. The van der Waals surface area contributed by atoms with E-state index in [1.807, 2.05) is 23.6 Å². The number of halogens is 1. The van der Waals surface area contributed by atoms with Crippen LogP contribution in [0.1, 0.15) is 25.6 Å². The lowest BCUT2D eigenvalue weighted by atomic mass is 10.1. The highest BCUT2D eigenvalue weighted by Gasteiger charge is 2.12. The van der Waals surface area contributed by atoms with Crippen LogP contribution in [0.4, 0.5) is 0 Å². The molecule has 3 rings (SSSR count). The molecule has 0 saturated heterocycles. The Morgan fingerprint density at radius 1 is 0.960 bits per heavy atom. The summed E-state index contributed by atoms with van der Waals surface area (Å²) in [5.74, 6) is -0.166. The van der Waals surface area contributed by atoms with Gasteiger partial charge in [-0.05, 0) is 75.9 Å². The Morgan fingerprint density at radius 2 is 1.72 bits per heavy atom. The summed E-state index contributed by atoms with van der Waals surface area (Å²) in [5.41, 5.74) is 0.982. The molecular weight excluding hydrogens is 400 g/mol. The summed E-state index contributed by atoms with van der Waals surface area (Å²) >= 11 is 4.89. The van der Waals surface area contributed by atoms with Crippen LogP contribution in [0.3, 0.4) is 0 Å². The first-order valence-corrected chi connectivity index (χ1v) is 9.13. The maximum atomic E-state index is 12.2. The number of thiophene rings is 1. The number of ether oxygens (including phenoxy) is 1. The zero-order valence-electron chi connectivity index (χ0n) is 13.0. The van der Waals surface area contributed by atoms with Gasteiger partial charge in [0.15, 0.2) is 5.78 Å². The van der Waals surface area contributed by atoms with E-state index in [0.717, 1.165) is 4.88 Å². The molecule has 2 aromatic carbocycles. The van der Waals surface area contributed by atoms with Crippen molar-refractivity contribution in [2.75, 3.05) is 0 Å². The monoisotopic (exact) mass is 412 g/mol. The summed E-state index contributed by atoms with van der Waals surface area (Å²) in [6.45, 7) is 0. The summed E-state index contributed by atoms with van der Waals surface area (Å²) in [4.78, 5) is 25.3. The van der Waals surface area contributed by atoms with E-state index in [9.17, 15) is 9.59 Å². The lowest BCUT2D eigenvalue weighted by Gasteiger charge is -2.06. The second-order valence-corrected chi connectivity index (χ2v) is 6.94. The molecule has 5 heteroatoms. The maximum absolute atomic E-state index is 12.2. The molecule has 1 heterocycles. The molecule has 0 radical (unpaired) electrons. The average molecular weight is 413 g/mol. The van der Waals surface area contributed by atoms with Crippen LogP contribution in [0.2, 0.25) is 0 Å². The van der Waals surface area contributed by atoms with Gasteiger partial charge >= 0.3 is 5.97 Å². The fourth-order valence-corrected chi connectivity index (χ4v) is 3.18. The molecule has 0 aliphatic rings. The Labute approximate surface area is 157 Å². The van der Waals surface area contributed by atoms with E-state index < -0.39 is 5.97 Å². The highest BCUT2D eigenvalue weighted by Crippen LogP contribution is 2.20. The number of allylic oxidation sites excluding steroid dienone is 1. The number of benzene rings is 2. The van der Waals surface area contributed by atoms with E-state index >= 15 is 0 Å². The minimum atomic E-state index is -0.454. The maximum Gasteiger partial charge on any atom is 0.344 e. The van der Waals surface area contributed by atoms with E-state index in [1.165, 1.54) is 6.08 Å². The Kier molecular flexibility index (Phi) is 5.58. The van der Waals surface area contributed by atoms with E-state index in [1.54, 1.807) is 59.9 Å². The Balaban J connectivity index is 1.67. The summed E-state index contributed by atoms with van der Waals surface area (Å²) in [6.07, 6.45) is 3.32. The van der Waals surface area contributed by atoms with Crippen LogP contribution < -0.4 is 4.74 Å². The molecule has 0 aliphatic heterocycles. The molecule has 0 spiro atoms. The van der Waals surface area contributed by atoms with Gasteiger partial charge in [0, 0.05) is 14.9 Å². The minimum Gasteiger partial charge on any atom is -0.423 e. The third kappa shape index (κ3) is 4.53. The number of hydrogen-bond donors (Lipinski definition) is 0. The van der Waals surface area contributed by atoms with Crippen LogP contribution in [0, 0.1) is 0 Å². The lowest BCUT2D eigenvalue weighted by Crippen LogP contribution is -2.09. The molecule has 25 heavy (non-hydrogen) atoms. The molecule has 0 fully saturated rings. The third-order valence-electron chi connectivity index (χ3n) is 3.39. The van der Waals surface area contributed by atoms with Crippen molar-refractivity contribution in [2.45, 2.75) is 0 Å². The van der Waals surface area contributed by atoms with Crippen molar-refractivity contribution >= 4 is 45.1 Å². The second-order valence-electron chi connectivity index (χ2n) is 5.11. The molecule has 3 nitrogen and oxygen atoms in total. The second kappa shape index (κ2) is 8.05. The number of carbonyl (C=O) groups is 2. The fraction of sp³-hybridized carbons (Fsp3) is 0. The fourth-order valence-electron chi connectivity index (χ4n) is 2.12. The molecule has 0 amide bonds. The smallest absolute Gasteiger partial charge is 0.344 e. The van der Waals surface area contributed by atoms with Crippen LogP contribution >= 0.6 is 27.3 Å². The number of carbonyl (C=O) groups excluding carboxylic acids is 2. The third-order valence-corrected chi connectivity index (χ3v) is 4.91. The Morgan fingerprint density at radius 3 is 2.40 bits per heavy atom. The van der Waals surface area contributed by atoms with Crippen LogP contribution in [0.15, 0.2) is 76.6 Å². The highest BCUT2D eigenvalue weighted by atomic mass is 79.9. The summed E-state index contributed by atoms with van der Waals surface area (Å²) in [7, 11) is 0. The molecule has 0 N–H and O–H groups in total. The van der Waals surface area contributed by atoms with Gasteiger partial charge in [0.1, 0.15) is 5.75 Å². The normalized spacial score (nSPS) is 10.8. The molecular formula is C20H13BrO3S. The van der Waals surface area contributed by atoms with Gasteiger partial charge in [-0.3, -0.25) is 4.79 Å². The van der Waals surface area contributed by atoms with Gasteiger partial charge in [-0.25, -0.2) is 4.79 Å². The first-order valence-electron chi connectivity index (χ1n) is 7.46. The number of esters is 1. The van der Waals surface area contributed by atoms with E-state index in [2.05, 4.69) is 15.9 Å². The summed E-state index contributed by atoms with van der Waals surface area (Å²) in [6, 6.07) is 17.4.